The summed E-state index contributed by atoms with van der Waals surface area (Å²) in [4.78, 5) is 26.7. The second-order valence-corrected chi connectivity index (χ2v) is 7.52. The maximum Gasteiger partial charge on any atom is 0.421 e. The third-order valence-corrected chi connectivity index (χ3v) is 4.22. The summed E-state index contributed by atoms with van der Waals surface area (Å²) in [5, 5.41) is 0. The molecule has 1 atom stereocenters. The fourth-order valence-corrected chi connectivity index (χ4v) is 3.14. The van der Waals surface area contributed by atoms with Crippen molar-refractivity contribution in [3.8, 4) is 0 Å². The Morgan fingerprint density at radius 2 is 1.88 bits per heavy atom. The molecule has 0 saturated heterocycles. The minimum absolute atomic E-state index is 0.317. The van der Waals surface area contributed by atoms with Crippen molar-refractivity contribution < 1.29 is 18.7 Å². The first-order chi connectivity index (χ1) is 12.2. The first-order valence-corrected chi connectivity index (χ1v) is 8.64. The Hall–Kier alpha value is -2.69. The van der Waals surface area contributed by atoms with Crippen molar-refractivity contribution in [1.29, 1.82) is 0 Å². The van der Waals surface area contributed by atoms with Crippen molar-refractivity contribution in [2.24, 2.45) is 5.92 Å². The van der Waals surface area contributed by atoms with Gasteiger partial charge >= 0.3 is 6.09 Å². The van der Waals surface area contributed by atoms with E-state index in [1.54, 1.807) is 20.8 Å². The van der Waals surface area contributed by atoms with Crippen LogP contribution in [0.1, 0.15) is 31.9 Å². The van der Waals surface area contributed by atoms with E-state index in [2.05, 4.69) is 0 Å². The van der Waals surface area contributed by atoms with Gasteiger partial charge in [0.05, 0.1) is 5.69 Å². The number of imide groups is 1. The van der Waals surface area contributed by atoms with E-state index in [4.69, 9.17) is 4.74 Å². The summed E-state index contributed by atoms with van der Waals surface area (Å²) in [5.41, 5.74) is 1.30. The minimum atomic E-state index is -0.732. The molecular formula is C21H22FNO3. The zero-order chi connectivity index (χ0) is 18.9. The molecule has 3 rings (SSSR count). The fraction of sp³-hybridized carbons (Fsp3) is 0.333. The Bertz CT molecular complexity index is 827. The van der Waals surface area contributed by atoms with Crippen LogP contribution >= 0.6 is 0 Å². The standard InChI is InChI=1S/C21H22FNO3/c1-21(2,3)26-20(25)23-18-10-9-17(22)13-15(18)12-16(19(23)24)11-14-7-5-4-6-8-14/h4-10,13,16H,11-12H2,1-3H3/t16-/m0/s1. The molecule has 0 aromatic heterocycles. The number of hydrogen-bond donors (Lipinski definition) is 0. The predicted octanol–water partition coefficient (Wildman–Crippen LogP) is 4.51. The molecule has 2 aromatic rings. The van der Waals surface area contributed by atoms with Crippen LogP contribution in [0, 0.1) is 11.7 Å². The molecule has 1 heterocycles. The van der Waals surface area contributed by atoms with E-state index in [1.165, 1.54) is 18.2 Å². The normalized spacial score (nSPS) is 17.0. The molecule has 0 N–H and O–H groups in total. The van der Waals surface area contributed by atoms with Gasteiger partial charge in [-0.05, 0) is 62.9 Å². The van der Waals surface area contributed by atoms with Gasteiger partial charge in [0.15, 0.2) is 0 Å². The Labute approximate surface area is 152 Å². The lowest BCUT2D eigenvalue weighted by Gasteiger charge is -2.34. The van der Waals surface area contributed by atoms with Crippen LogP contribution in [0.25, 0.3) is 0 Å². The first kappa shape index (κ1) is 18.1. The second-order valence-electron chi connectivity index (χ2n) is 7.52. The van der Waals surface area contributed by atoms with Gasteiger partial charge in [0.1, 0.15) is 11.4 Å². The van der Waals surface area contributed by atoms with Crippen molar-refractivity contribution in [2.45, 2.75) is 39.2 Å². The highest BCUT2D eigenvalue weighted by molar-refractivity contribution is 6.15. The molecule has 1 aliphatic rings. The number of carbonyl (C=O) groups is 2. The van der Waals surface area contributed by atoms with Crippen molar-refractivity contribution in [2.75, 3.05) is 4.90 Å². The van der Waals surface area contributed by atoms with Gasteiger partial charge in [-0.15, -0.1) is 0 Å². The highest BCUT2D eigenvalue weighted by Crippen LogP contribution is 2.34. The topological polar surface area (TPSA) is 46.6 Å². The molecule has 136 valence electrons. The lowest BCUT2D eigenvalue weighted by molar-refractivity contribution is -0.122. The van der Waals surface area contributed by atoms with Gasteiger partial charge in [-0.1, -0.05) is 30.3 Å². The number of anilines is 1. The second kappa shape index (κ2) is 6.90. The number of hydrogen-bond acceptors (Lipinski definition) is 3. The largest absolute Gasteiger partial charge is 0.443 e. The van der Waals surface area contributed by atoms with E-state index in [-0.39, 0.29) is 11.7 Å². The number of nitrogens with zero attached hydrogens (tertiary/aromatic N) is 1. The van der Waals surface area contributed by atoms with Crippen LogP contribution < -0.4 is 4.90 Å². The monoisotopic (exact) mass is 355 g/mol. The van der Waals surface area contributed by atoms with Gasteiger partial charge < -0.3 is 4.74 Å². The number of amides is 2. The maximum atomic E-state index is 13.7. The molecule has 0 fully saturated rings. The van der Waals surface area contributed by atoms with Crippen molar-refractivity contribution in [1.82, 2.24) is 0 Å². The molecule has 0 unspecified atom stereocenters. The zero-order valence-corrected chi connectivity index (χ0v) is 15.2. The molecule has 0 spiro atoms. The van der Waals surface area contributed by atoms with E-state index < -0.39 is 17.6 Å². The Morgan fingerprint density at radius 1 is 1.19 bits per heavy atom. The SMILES string of the molecule is CC(C)(C)OC(=O)N1C(=O)[C@@H](Cc2ccccc2)Cc2cc(F)ccc21. The summed E-state index contributed by atoms with van der Waals surface area (Å²) < 4.78 is 19.1. The molecule has 0 aliphatic carbocycles. The summed E-state index contributed by atoms with van der Waals surface area (Å²) in [6.07, 6.45) is 0.141. The van der Waals surface area contributed by atoms with E-state index in [9.17, 15) is 14.0 Å². The maximum absolute atomic E-state index is 13.7. The summed E-state index contributed by atoms with van der Waals surface area (Å²) in [6, 6.07) is 13.7. The molecule has 0 bridgehead atoms. The van der Waals surface area contributed by atoms with Gasteiger partial charge in [-0.25, -0.2) is 14.1 Å². The van der Waals surface area contributed by atoms with Gasteiger partial charge in [0, 0.05) is 5.92 Å². The fourth-order valence-electron chi connectivity index (χ4n) is 3.14. The van der Waals surface area contributed by atoms with E-state index >= 15 is 0 Å². The summed E-state index contributed by atoms with van der Waals surface area (Å²) in [7, 11) is 0. The smallest absolute Gasteiger partial charge is 0.421 e. The van der Waals surface area contributed by atoms with Gasteiger partial charge in [-0.3, -0.25) is 4.79 Å². The predicted molar refractivity (Wildman–Crippen MR) is 97.5 cm³/mol. The minimum Gasteiger partial charge on any atom is -0.443 e. The summed E-state index contributed by atoms with van der Waals surface area (Å²) in [5.74, 6) is -1.15. The zero-order valence-electron chi connectivity index (χ0n) is 15.2. The van der Waals surface area contributed by atoms with Crippen LogP contribution in [-0.4, -0.2) is 17.6 Å². The third kappa shape index (κ3) is 3.93. The lowest BCUT2D eigenvalue weighted by atomic mass is 9.87. The average molecular weight is 355 g/mol. The Morgan fingerprint density at radius 3 is 2.54 bits per heavy atom. The number of rotatable bonds is 2. The highest BCUT2D eigenvalue weighted by atomic mass is 19.1. The van der Waals surface area contributed by atoms with Crippen LogP contribution in [0.2, 0.25) is 0 Å². The van der Waals surface area contributed by atoms with Crippen molar-refractivity contribution >= 4 is 17.7 Å². The van der Waals surface area contributed by atoms with Gasteiger partial charge in [-0.2, -0.15) is 0 Å². The van der Waals surface area contributed by atoms with Crippen molar-refractivity contribution in [3.05, 3.63) is 65.5 Å². The molecule has 4 nitrogen and oxygen atoms in total. The molecule has 0 radical (unpaired) electrons. The number of fused-ring (bicyclic) bond motifs is 1. The van der Waals surface area contributed by atoms with E-state index in [1.807, 2.05) is 30.3 Å². The Balaban J connectivity index is 1.96. The number of ether oxygens (including phenoxy) is 1. The number of carbonyl (C=O) groups excluding carboxylic acids is 2. The third-order valence-electron chi connectivity index (χ3n) is 4.22. The van der Waals surface area contributed by atoms with Gasteiger partial charge in [0.2, 0.25) is 5.91 Å². The van der Waals surface area contributed by atoms with Crippen LogP contribution in [-0.2, 0) is 22.4 Å². The number of benzene rings is 2. The number of halogens is 1. The van der Waals surface area contributed by atoms with E-state index in [0.29, 0.717) is 24.1 Å². The summed E-state index contributed by atoms with van der Waals surface area (Å²) in [6.45, 7) is 5.23. The molecule has 5 heteroatoms. The van der Waals surface area contributed by atoms with Crippen LogP contribution in [0.4, 0.5) is 14.9 Å². The van der Waals surface area contributed by atoms with E-state index in [0.717, 1.165) is 10.5 Å². The lowest BCUT2D eigenvalue weighted by Crippen LogP contribution is -2.48. The molecule has 1 aliphatic heterocycles. The first-order valence-electron chi connectivity index (χ1n) is 8.64. The van der Waals surface area contributed by atoms with Crippen LogP contribution in [0.5, 0.6) is 0 Å². The highest BCUT2D eigenvalue weighted by Gasteiger charge is 2.38. The molecule has 0 saturated carbocycles. The van der Waals surface area contributed by atoms with Gasteiger partial charge in [0.25, 0.3) is 0 Å². The van der Waals surface area contributed by atoms with Crippen LogP contribution in [0.15, 0.2) is 48.5 Å². The quantitative estimate of drug-likeness (QED) is 0.796. The van der Waals surface area contributed by atoms with Crippen LogP contribution in [0.3, 0.4) is 0 Å². The molecule has 2 aromatic carbocycles. The molecular weight excluding hydrogens is 333 g/mol. The average Bonchev–Trinajstić information content (AvgIpc) is 2.55. The molecule has 26 heavy (non-hydrogen) atoms. The van der Waals surface area contributed by atoms with Crippen molar-refractivity contribution in [3.63, 3.8) is 0 Å². The summed E-state index contributed by atoms with van der Waals surface area (Å²) >= 11 is 0. The molecule has 2 amide bonds. The Kier molecular flexibility index (Phi) is 4.81.